The minimum atomic E-state index is -0.216. The molecule has 0 aromatic heterocycles. The number of hydrogen-bond acceptors (Lipinski definition) is 0. The molecule has 0 unspecified atom stereocenters. The van der Waals surface area contributed by atoms with Crippen LogP contribution in [-0.2, 0) is 0 Å². The highest BCUT2D eigenvalue weighted by Crippen LogP contribution is 2.22. The van der Waals surface area contributed by atoms with Gasteiger partial charge in [0.05, 0.1) is 0 Å². The van der Waals surface area contributed by atoms with Crippen molar-refractivity contribution in [3.63, 3.8) is 0 Å². The molecular formula is C23H19F. The summed E-state index contributed by atoms with van der Waals surface area (Å²) in [4.78, 5) is 0. The molecule has 0 aliphatic heterocycles. The summed E-state index contributed by atoms with van der Waals surface area (Å²) in [5.41, 5.74) is 4.76. The number of halogens is 1. The summed E-state index contributed by atoms with van der Waals surface area (Å²) < 4.78 is 14.4. The Labute approximate surface area is 142 Å². The van der Waals surface area contributed by atoms with E-state index in [2.05, 4.69) is 12.1 Å². The lowest BCUT2D eigenvalue weighted by Crippen LogP contribution is -1.81. The standard InChI is InChI=1S/C23H19F/c1-18(16-19-8-4-2-5-9-19)23(24)17-20-12-14-22(15-13-20)21-10-6-3-7-11-21/h2-17H,1H3/b18-16+,23-17-. The molecule has 3 aromatic carbocycles. The van der Waals surface area contributed by atoms with Crippen LogP contribution in [-0.4, -0.2) is 0 Å². The molecule has 118 valence electrons. The van der Waals surface area contributed by atoms with E-state index in [1.807, 2.05) is 78.9 Å². The van der Waals surface area contributed by atoms with Crippen molar-refractivity contribution in [2.45, 2.75) is 6.92 Å². The Hall–Kier alpha value is -2.93. The summed E-state index contributed by atoms with van der Waals surface area (Å²) in [5, 5.41) is 0. The molecule has 0 atom stereocenters. The minimum Gasteiger partial charge on any atom is -0.207 e. The Kier molecular flexibility index (Phi) is 5.02. The second-order valence-electron chi connectivity index (χ2n) is 5.72. The summed E-state index contributed by atoms with van der Waals surface area (Å²) in [7, 11) is 0. The quantitative estimate of drug-likeness (QED) is 0.466. The molecule has 0 spiro atoms. The molecule has 0 nitrogen and oxygen atoms in total. The third kappa shape index (κ3) is 4.08. The lowest BCUT2D eigenvalue weighted by Gasteiger charge is -2.03. The summed E-state index contributed by atoms with van der Waals surface area (Å²) in [6.45, 7) is 1.79. The van der Waals surface area contributed by atoms with Crippen LogP contribution in [0.3, 0.4) is 0 Å². The average molecular weight is 314 g/mol. The van der Waals surface area contributed by atoms with Crippen molar-refractivity contribution < 1.29 is 4.39 Å². The van der Waals surface area contributed by atoms with E-state index in [1.54, 1.807) is 13.0 Å². The van der Waals surface area contributed by atoms with Gasteiger partial charge < -0.3 is 0 Å². The van der Waals surface area contributed by atoms with Crippen LogP contribution in [0.4, 0.5) is 4.39 Å². The van der Waals surface area contributed by atoms with Crippen molar-refractivity contribution >= 4 is 12.2 Å². The van der Waals surface area contributed by atoms with Crippen LogP contribution in [0.5, 0.6) is 0 Å². The van der Waals surface area contributed by atoms with E-state index in [4.69, 9.17) is 0 Å². The molecule has 3 rings (SSSR count). The van der Waals surface area contributed by atoms with Gasteiger partial charge in [-0.3, -0.25) is 0 Å². The second-order valence-corrected chi connectivity index (χ2v) is 5.72. The largest absolute Gasteiger partial charge is 0.207 e. The van der Waals surface area contributed by atoms with Gasteiger partial charge in [0.25, 0.3) is 0 Å². The molecule has 0 aliphatic rings. The highest BCUT2D eigenvalue weighted by atomic mass is 19.1. The Balaban J connectivity index is 1.79. The maximum Gasteiger partial charge on any atom is 0.126 e. The normalized spacial score (nSPS) is 12.2. The van der Waals surface area contributed by atoms with Crippen molar-refractivity contribution in [3.05, 3.63) is 107 Å². The van der Waals surface area contributed by atoms with Gasteiger partial charge >= 0.3 is 0 Å². The van der Waals surface area contributed by atoms with Gasteiger partial charge in [0.2, 0.25) is 0 Å². The first-order valence-corrected chi connectivity index (χ1v) is 7.99. The van der Waals surface area contributed by atoms with Crippen molar-refractivity contribution in [2.24, 2.45) is 0 Å². The van der Waals surface area contributed by atoms with Crippen LogP contribution in [0.1, 0.15) is 18.1 Å². The fourth-order valence-corrected chi connectivity index (χ4v) is 2.53. The van der Waals surface area contributed by atoms with Crippen molar-refractivity contribution in [2.75, 3.05) is 0 Å². The minimum absolute atomic E-state index is 0.216. The van der Waals surface area contributed by atoms with Crippen LogP contribution < -0.4 is 0 Å². The summed E-state index contributed by atoms with van der Waals surface area (Å²) in [6, 6.07) is 27.9. The third-order valence-electron chi connectivity index (χ3n) is 3.87. The van der Waals surface area contributed by atoms with Gasteiger partial charge in [-0.05, 0) is 46.9 Å². The van der Waals surface area contributed by atoms with E-state index < -0.39 is 0 Å². The fraction of sp³-hybridized carbons (Fsp3) is 0.0435. The van der Waals surface area contributed by atoms with Gasteiger partial charge in [0.1, 0.15) is 5.83 Å². The molecular weight excluding hydrogens is 295 g/mol. The van der Waals surface area contributed by atoms with Crippen molar-refractivity contribution in [1.29, 1.82) is 0 Å². The summed E-state index contributed by atoms with van der Waals surface area (Å²) in [6.07, 6.45) is 3.42. The molecule has 0 heterocycles. The molecule has 0 saturated carbocycles. The number of rotatable bonds is 4. The Morgan fingerprint density at radius 1 is 0.625 bits per heavy atom. The van der Waals surface area contributed by atoms with Gasteiger partial charge in [-0.15, -0.1) is 0 Å². The van der Waals surface area contributed by atoms with Gasteiger partial charge in [-0.1, -0.05) is 84.9 Å². The third-order valence-corrected chi connectivity index (χ3v) is 3.87. The van der Waals surface area contributed by atoms with Gasteiger partial charge in [0, 0.05) is 0 Å². The fourth-order valence-electron chi connectivity index (χ4n) is 2.53. The number of benzene rings is 3. The van der Waals surface area contributed by atoms with E-state index in [1.165, 1.54) is 0 Å². The molecule has 3 aromatic rings. The van der Waals surface area contributed by atoms with E-state index in [0.29, 0.717) is 5.57 Å². The lowest BCUT2D eigenvalue weighted by atomic mass is 10.0. The summed E-state index contributed by atoms with van der Waals surface area (Å²) >= 11 is 0. The maximum atomic E-state index is 14.4. The van der Waals surface area contributed by atoms with E-state index >= 15 is 0 Å². The number of allylic oxidation sites excluding steroid dienone is 2. The zero-order valence-electron chi connectivity index (χ0n) is 13.6. The SMILES string of the molecule is CC(=C\c1ccccc1)/C(F)=C/c1ccc(-c2ccccc2)cc1. The molecule has 0 N–H and O–H groups in total. The van der Waals surface area contributed by atoms with Crippen LogP contribution in [0.25, 0.3) is 23.3 Å². The molecule has 24 heavy (non-hydrogen) atoms. The van der Waals surface area contributed by atoms with E-state index in [-0.39, 0.29) is 5.83 Å². The first-order chi connectivity index (χ1) is 11.7. The van der Waals surface area contributed by atoms with Crippen LogP contribution in [0, 0.1) is 0 Å². The average Bonchev–Trinajstić information content (AvgIpc) is 2.64. The lowest BCUT2D eigenvalue weighted by molar-refractivity contribution is 0.660. The van der Waals surface area contributed by atoms with E-state index in [0.717, 1.165) is 22.3 Å². The highest BCUT2D eigenvalue weighted by Gasteiger charge is 2.01. The molecule has 0 aliphatic carbocycles. The predicted molar refractivity (Wildman–Crippen MR) is 101 cm³/mol. The summed E-state index contributed by atoms with van der Waals surface area (Å²) in [5.74, 6) is -0.216. The monoisotopic (exact) mass is 314 g/mol. The smallest absolute Gasteiger partial charge is 0.126 e. The van der Waals surface area contributed by atoms with Crippen molar-refractivity contribution in [1.82, 2.24) is 0 Å². The van der Waals surface area contributed by atoms with Gasteiger partial charge in [0.15, 0.2) is 0 Å². The topological polar surface area (TPSA) is 0 Å². The molecule has 1 heteroatoms. The first kappa shape index (κ1) is 15.9. The Morgan fingerprint density at radius 2 is 1.12 bits per heavy atom. The van der Waals surface area contributed by atoms with E-state index in [9.17, 15) is 4.39 Å². The molecule has 0 saturated heterocycles. The molecule has 0 amide bonds. The predicted octanol–water partition coefficient (Wildman–Crippen LogP) is 6.77. The molecule has 0 radical (unpaired) electrons. The maximum absolute atomic E-state index is 14.4. The van der Waals surface area contributed by atoms with Crippen LogP contribution >= 0.6 is 0 Å². The Bertz CT molecular complexity index is 842. The Morgan fingerprint density at radius 3 is 1.75 bits per heavy atom. The zero-order valence-corrected chi connectivity index (χ0v) is 13.6. The zero-order chi connectivity index (χ0) is 16.8. The first-order valence-electron chi connectivity index (χ1n) is 7.99. The van der Waals surface area contributed by atoms with Gasteiger partial charge in [-0.2, -0.15) is 0 Å². The second kappa shape index (κ2) is 7.56. The molecule has 0 fully saturated rings. The van der Waals surface area contributed by atoms with Crippen LogP contribution in [0.15, 0.2) is 96.3 Å². The number of hydrogen-bond donors (Lipinski definition) is 0. The van der Waals surface area contributed by atoms with Gasteiger partial charge in [-0.25, -0.2) is 4.39 Å². The van der Waals surface area contributed by atoms with Crippen LogP contribution in [0.2, 0.25) is 0 Å². The highest BCUT2D eigenvalue weighted by molar-refractivity contribution is 5.68. The molecule has 0 bridgehead atoms. The van der Waals surface area contributed by atoms with Crippen molar-refractivity contribution in [3.8, 4) is 11.1 Å².